The van der Waals surface area contributed by atoms with Crippen LogP contribution in [0.3, 0.4) is 0 Å². The van der Waals surface area contributed by atoms with E-state index in [9.17, 15) is 9.59 Å². The zero-order valence-corrected chi connectivity index (χ0v) is 14.3. The highest BCUT2D eigenvalue weighted by atomic mass is 32.2. The van der Waals surface area contributed by atoms with Gasteiger partial charge < -0.3 is 11.1 Å². The number of hydrogen-bond donors (Lipinski definition) is 2. The summed E-state index contributed by atoms with van der Waals surface area (Å²) in [6, 6.07) is 7.08. The molecule has 1 aromatic carbocycles. The van der Waals surface area contributed by atoms with Crippen molar-refractivity contribution >= 4 is 35.0 Å². The minimum atomic E-state index is -0.331. The summed E-state index contributed by atoms with van der Waals surface area (Å²) in [6.07, 6.45) is 1.10. The van der Waals surface area contributed by atoms with Crippen LogP contribution in [0.25, 0.3) is 0 Å². The summed E-state index contributed by atoms with van der Waals surface area (Å²) >= 11 is 1.29. The van der Waals surface area contributed by atoms with Crippen LogP contribution in [0.4, 0.5) is 11.5 Å². The van der Waals surface area contributed by atoms with Gasteiger partial charge in [0, 0.05) is 29.4 Å². The van der Waals surface area contributed by atoms with Gasteiger partial charge in [-0.25, -0.2) is 9.97 Å². The number of nitrogens with one attached hydrogen (secondary N) is 1. The molecule has 0 aliphatic carbocycles. The number of carbonyl (C=O) groups excluding carboxylic acids is 2. The van der Waals surface area contributed by atoms with Crippen LogP contribution in [0.15, 0.2) is 29.4 Å². The van der Waals surface area contributed by atoms with Crippen LogP contribution in [0, 0.1) is 6.92 Å². The van der Waals surface area contributed by atoms with E-state index in [0.29, 0.717) is 29.4 Å². The maximum Gasteiger partial charge on any atom is 0.224 e. The number of anilines is 2. The van der Waals surface area contributed by atoms with Crippen molar-refractivity contribution in [2.75, 3.05) is 11.1 Å². The number of nitrogen functional groups attached to an aromatic ring is 1. The number of hydrogen-bond acceptors (Lipinski definition) is 6. The summed E-state index contributed by atoms with van der Waals surface area (Å²) in [6.45, 7) is 3.67. The van der Waals surface area contributed by atoms with E-state index in [4.69, 9.17) is 5.73 Å². The Morgan fingerprint density at radius 2 is 2.08 bits per heavy atom. The van der Waals surface area contributed by atoms with E-state index < -0.39 is 0 Å². The molecule has 0 saturated heterocycles. The topological polar surface area (TPSA) is 98.0 Å². The molecule has 1 atom stereocenters. The molecule has 0 saturated carbocycles. The monoisotopic (exact) mass is 342 g/mol. The first-order chi connectivity index (χ1) is 11.4. The Kier molecular flexibility index (Phi) is 4.53. The lowest BCUT2D eigenvalue weighted by Gasteiger charge is -2.18. The molecule has 1 aromatic heterocycles. The second-order valence-electron chi connectivity index (χ2n) is 5.76. The van der Waals surface area contributed by atoms with Crippen LogP contribution in [-0.4, -0.2) is 26.9 Å². The van der Waals surface area contributed by atoms with Gasteiger partial charge in [0.1, 0.15) is 5.82 Å². The van der Waals surface area contributed by atoms with Gasteiger partial charge in [0.2, 0.25) is 5.91 Å². The first-order valence-corrected chi connectivity index (χ1v) is 8.55. The van der Waals surface area contributed by atoms with Gasteiger partial charge in [-0.05, 0) is 44.0 Å². The zero-order valence-electron chi connectivity index (χ0n) is 13.5. The molecular weight excluding hydrogens is 324 g/mol. The molecule has 0 unspecified atom stereocenters. The number of nitrogens with two attached hydrogens (primary N) is 1. The van der Waals surface area contributed by atoms with Gasteiger partial charge in [0.05, 0.1) is 5.25 Å². The molecule has 1 aliphatic rings. The Labute approximate surface area is 144 Å². The lowest BCUT2D eigenvalue weighted by molar-refractivity contribution is -0.116. The van der Waals surface area contributed by atoms with Crippen molar-refractivity contribution in [3.8, 4) is 0 Å². The molecule has 6 nitrogen and oxygen atoms in total. The lowest BCUT2D eigenvalue weighted by atomic mass is 9.98. The van der Waals surface area contributed by atoms with Crippen molar-refractivity contribution in [2.24, 2.45) is 0 Å². The summed E-state index contributed by atoms with van der Waals surface area (Å²) in [4.78, 5) is 32.5. The van der Waals surface area contributed by atoms with Crippen molar-refractivity contribution in [3.63, 3.8) is 0 Å². The second kappa shape index (κ2) is 6.60. The second-order valence-corrected chi connectivity index (χ2v) is 7.07. The number of thioether (sulfide) groups is 1. The van der Waals surface area contributed by atoms with Gasteiger partial charge in [-0.2, -0.15) is 0 Å². The molecule has 2 aromatic rings. The standard InChI is InChI=1S/C17H18N4O2S/c1-9-7-14(18)21-17(19-9)24-10(2)16(23)12-3-5-13-11(8-12)4-6-15(22)20-13/h3,5,7-8,10H,4,6H2,1-2H3,(H,20,22)(H2,18,19,21)/t10-/m0/s1. The van der Waals surface area contributed by atoms with E-state index in [0.717, 1.165) is 16.9 Å². The third kappa shape index (κ3) is 3.56. The third-order valence-corrected chi connectivity index (χ3v) is 4.75. The summed E-state index contributed by atoms with van der Waals surface area (Å²) < 4.78 is 0. The number of aromatic nitrogens is 2. The van der Waals surface area contributed by atoms with Crippen LogP contribution in [0.2, 0.25) is 0 Å². The van der Waals surface area contributed by atoms with Crippen LogP contribution < -0.4 is 11.1 Å². The highest BCUT2D eigenvalue weighted by Gasteiger charge is 2.21. The first kappa shape index (κ1) is 16.4. The van der Waals surface area contributed by atoms with E-state index in [1.807, 2.05) is 19.9 Å². The van der Waals surface area contributed by atoms with Crippen LogP contribution in [0.5, 0.6) is 0 Å². The number of Topliss-reactive ketones (excluding diaryl/α,β-unsaturated/α-hetero) is 1. The van der Waals surface area contributed by atoms with Crippen molar-refractivity contribution in [2.45, 2.75) is 37.1 Å². The number of ketones is 1. The number of benzene rings is 1. The normalized spacial score (nSPS) is 14.7. The fourth-order valence-electron chi connectivity index (χ4n) is 2.60. The van der Waals surface area contributed by atoms with Gasteiger partial charge in [-0.3, -0.25) is 9.59 Å². The Morgan fingerprint density at radius 1 is 1.29 bits per heavy atom. The molecule has 0 fully saturated rings. The van der Waals surface area contributed by atoms with Gasteiger partial charge >= 0.3 is 0 Å². The van der Waals surface area contributed by atoms with Crippen molar-refractivity contribution in [3.05, 3.63) is 41.1 Å². The number of nitrogens with zero attached hydrogens (tertiary/aromatic N) is 2. The molecule has 7 heteroatoms. The largest absolute Gasteiger partial charge is 0.384 e. The maximum atomic E-state index is 12.7. The first-order valence-electron chi connectivity index (χ1n) is 7.67. The molecule has 3 rings (SSSR count). The Balaban J connectivity index is 1.77. The van der Waals surface area contributed by atoms with Gasteiger partial charge in [0.25, 0.3) is 0 Å². The third-order valence-electron chi connectivity index (χ3n) is 3.79. The van der Waals surface area contributed by atoms with E-state index in [-0.39, 0.29) is 16.9 Å². The SMILES string of the molecule is Cc1cc(N)nc(S[C@@H](C)C(=O)c2ccc3c(c2)CCC(=O)N3)n1. The van der Waals surface area contributed by atoms with Gasteiger partial charge in [0.15, 0.2) is 10.9 Å². The molecule has 2 heterocycles. The highest BCUT2D eigenvalue weighted by molar-refractivity contribution is 8.00. The Bertz CT molecular complexity index is 802. The molecule has 3 N–H and O–H groups in total. The highest BCUT2D eigenvalue weighted by Crippen LogP contribution is 2.27. The lowest BCUT2D eigenvalue weighted by Crippen LogP contribution is -2.20. The molecule has 24 heavy (non-hydrogen) atoms. The summed E-state index contributed by atoms with van der Waals surface area (Å²) in [5.74, 6) is 0.414. The minimum absolute atomic E-state index is 0.00313. The number of fused-ring (bicyclic) bond motifs is 1. The number of amides is 1. The average Bonchev–Trinajstić information content (AvgIpc) is 2.52. The smallest absolute Gasteiger partial charge is 0.224 e. The predicted octanol–water partition coefficient (Wildman–Crippen LogP) is 2.62. The molecule has 0 spiro atoms. The van der Waals surface area contributed by atoms with Crippen LogP contribution in [-0.2, 0) is 11.2 Å². The summed E-state index contributed by atoms with van der Waals surface area (Å²) in [5.41, 5.74) is 8.91. The fourth-order valence-corrected chi connectivity index (χ4v) is 3.51. The van der Waals surface area contributed by atoms with Crippen molar-refractivity contribution in [1.29, 1.82) is 0 Å². The predicted molar refractivity (Wildman–Crippen MR) is 94.2 cm³/mol. The molecular formula is C17H18N4O2S. The van der Waals surface area contributed by atoms with Crippen LogP contribution in [0.1, 0.15) is 35.0 Å². The van der Waals surface area contributed by atoms with E-state index in [2.05, 4.69) is 15.3 Å². The van der Waals surface area contributed by atoms with Gasteiger partial charge in [-0.1, -0.05) is 11.8 Å². The molecule has 0 bridgehead atoms. The summed E-state index contributed by atoms with van der Waals surface area (Å²) in [5, 5.41) is 2.99. The molecule has 124 valence electrons. The van der Waals surface area contributed by atoms with Crippen molar-refractivity contribution in [1.82, 2.24) is 9.97 Å². The van der Waals surface area contributed by atoms with Gasteiger partial charge in [-0.15, -0.1) is 0 Å². The molecule has 1 aliphatic heterocycles. The average molecular weight is 342 g/mol. The van der Waals surface area contributed by atoms with E-state index in [1.54, 1.807) is 18.2 Å². The quantitative estimate of drug-likeness (QED) is 0.503. The maximum absolute atomic E-state index is 12.7. The zero-order chi connectivity index (χ0) is 17.3. The van der Waals surface area contributed by atoms with Crippen LogP contribution >= 0.6 is 11.8 Å². The molecule has 1 amide bonds. The van der Waals surface area contributed by atoms with E-state index >= 15 is 0 Å². The fraction of sp³-hybridized carbons (Fsp3) is 0.294. The number of rotatable bonds is 4. The Hall–Kier alpha value is -2.41. The van der Waals surface area contributed by atoms with Crippen molar-refractivity contribution < 1.29 is 9.59 Å². The Morgan fingerprint density at radius 3 is 2.83 bits per heavy atom. The minimum Gasteiger partial charge on any atom is -0.384 e. The molecule has 0 radical (unpaired) electrons. The number of carbonyl (C=O) groups is 2. The summed E-state index contributed by atoms with van der Waals surface area (Å²) in [7, 11) is 0. The van der Waals surface area contributed by atoms with E-state index in [1.165, 1.54) is 11.8 Å². The number of aryl methyl sites for hydroxylation is 2.